The summed E-state index contributed by atoms with van der Waals surface area (Å²) in [6, 6.07) is 4.63. The van der Waals surface area contributed by atoms with Gasteiger partial charge >= 0.3 is 0 Å². The lowest BCUT2D eigenvalue weighted by molar-refractivity contribution is -0.120. The van der Waals surface area contributed by atoms with Crippen molar-refractivity contribution in [2.24, 2.45) is 5.92 Å². The molecule has 0 unspecified atom stereocenters. The number of nitrogens with one attached hydrogen (secondary N) is 1. The molecule has 1 aromatic carbocycles. The molecule has 6 heteroatoms. The van der Waals surface area contributed by atoms with Gasteiger partial charge in [-0.05, 0) is 36.6 Å². The zero-order valence-corrected chi connectivity index (χ0v) is 12.9. The predicted molar refractivity (Wildman–Crippen MR) is 73.7 cm³/mol. The van der Waals surface area contributed by atoms with E-state index in [1.165, 1.54) is 12.1 Å². The van der Waals surface area contributed by atoms with Crippen molar-refractivity contribution in [2.45, 2.75) is 32.1 Å². The summed E-state index contributed by atoms with van der Waals surface area (Å²) >= 11 is 3.30. The van der Waals surface area contributed by atoms with E-state index in [9.17, 15) is 13.2 Å². The lowest BCUT2D eigenvalue weighted by Crippen LogP contribution is -2.31. The molecule has 0 spiro atoms. The Labute approximate surface area is 116 Å². The number of hydrogen-bond acceptors (Lipinski definition) is 3. The molecule has 100 valence electrons. The number of rotatable bonds is 4. The summed E-state index contributed by atoms with van der Waals surface area (Å²) in [6.07, 6.45) is 0.189. The van der Waals surface area contributed by atoms with Gasteiger partial charge in [-0.3, -0.25) is 4.79 Å². The monoisotopic (exact) mass is 333 g/mol. The largest absolute Gasteiger partial charge is 0.274 e. The van der Waals surface area contributed by atoms with Gasteiger partial charge in [-0.2, -0.15) is 0 Å². The highest BCUT2D eigenvalue weighted by Gasteiger charge is 2.18. The Kier molecular flexibility index (Phi) is 4.92. The molecule has 1 N–H and O–H groups in total. The third-order valence-electron chi connectivity index (χ3n) is 2.28. The molecule has 1 aromatic rings. The second-order valence-electron chi connectivity index (χ2n) is 4.54. The van der Waals surface area contributed by atoms with E-state index < -0.39 is 15.9 Å². The zero-order valence-electron chi connectivity index (χ0n) is 10.5. The van der Waals surface area contributed by atoms with E-state index >= 15 is 0 Å². The molecular weight excluding hydrogens is 318 g/mol. The number of aryl methyl sites for hydroxylation is 1. The molecule has 4 nitrogen and oxygen atoms in total. The van der Waals surface area contributed by atoms with Crippen molar-refractivity contribution < 1.29 is 13.2 Å². The quantitative estimate of drug-likeness (QED) is 0.921. The van der Waals surface area contributed by atoms with Gasteiger partial charge in [0.25, 0.3) is 10.0 Å². The van der Waals surface area contributed by atoms with Crippen LogP contribution < -0.4 is 4.72 Å². The number of amides is 1. The first-order chi connectivity index (χ1) is 8.22. The lowest BCUT2D eigenvalue weighted by atomic mass is 10.1. The molecule has 0 fully saturated rings. The highest BCUT2D eigenvalue weighted by Crippen LogP contribution is 2.20. The van der Waals surface area contributed by atoms with Gasteiger partial charge < -0.3 is 0 Å². The van der Waals surface area contributed by atoms with Crippen LogP contribution >= 0.6 is 15.9 Å². The Morgan fingerprint density at radius 1 is 1.39 bits per heavy atom. The second-order valence-corrected chi connectivity index (χ2v) is 7.07. The Hall–Kier alpha value is -0.880. The van der Waals surface area contributed by atoms with E-state index in [-0.39, 0.29) is 17.2 Å². The van der Waals surface area contributed by atoms with E-state index in [0.717, 1.165) is 10.0 Å². The van der Waals surface area contributed by atoms with Crippen LogP contribution in [0.2, 0.25) is 0 Å². The van der Waals surface area contributed by atoms with Crippen LogP contribution in [0.3, 0.4) is 0 Å². The SMILES string of the molecule is Cc1cc(S(=O)(=O)NC(=O)CC(C)C)ccc1Br. The molecule has 0 heterocycles. The molecule has 1 rings (SSSR count). The van der Waals surface area contributed by atoms with Gasteiger partial charge in [0.1, 0.15) is 0 Å². The van der Waals surface area contributed by atoms with E-state index in [1.807, 2.05) is 13.8 Å². The Bertz CT molecular complexity index is 552. The molecular formula is C12H16BrNO3S. The molecule has 18 heavy (non-hydrogen) atoms. The average molecular weight is 334 g/mol. The van der Waals surface area contributed by atoms with Crippen LogP contribution in [-0.4, -0.2) is 14.3 Å². The van der Waals surface area contributed by atoms with Crippen molar-refractivity contribution in [2.75, 3.05) is 0 Å². The van der Waals surface area contributed by atoms with Gasteiger partial charge in [0, 0.05) is 10.9 Å². The number of carbonyl (C=O) groups excluding carboxylic acids is 1. The zero-order chi connectivity index (χ0) is 13.9. The first-order valence-electron chi connectivity index (χ1n) is 5.54. The summed E-state index contributed by atoms with van der Waals surface area (Å²) in [4.78, 5) is 11.6. The molecule has 0 saturated carbocycles. The maximum absolute atomic E-state index is 11.9. The molecule has 1 amide bonds. The maximum atomic E-state index is 11.9. The summed E-state index contributed by atoms with van der Waals surface area (Å²) in [5, 5.41) is 0. The summed E-state index contributed by atoms with van der Waals surface area (Å²) in [7, 11) is -3.76. The number of hydrogen-bond donors (Lipinski definition) is 1. The van der Waals surface area contributed by atoms with Crippen LogP contribution in [-0.2, 0) is 14.8 Å². The topological polar surface area (TPSA) is 63.2 Å². The van der Waals surface area contributed by atoms with Gasteiger partial charge in [0.2, 0.25) is 5.91 Å². The fourth-order valence-electron chi connectivity index (χ4n) is 1.41. The first kappa shape index (κ1) is 15.2. The fourth-order valence-corrected chi connectivity index (χ4v) is 2.73. The van der Waals surface area contributed by atoms with Crippen LogP contribution in [0.1, 0.15) is 25.8 Å². The Morgan fingerprint density at radius 2 is 2.00 bits per heavy atom. The predicted octanol–water partition coefficient (Wildman–Crippen LogP) is 2.61. The minimum Gasteiger partial charge on any atom is -0.274 e. The van der Waals surface area contributed by atoms with E-state index in [0.29, 0.717) is 0 Å². The second kappa shape index (κ2) is 5.84. The molecule has 0 aromatic heterocycles. The van der Waals surface area contributed by atoms with Gasteiger partial charge in [-0.1, -0.05) is 29.8 Å². The van der Waals surface area contributed by atoms with Gasteiger partial charge in [-0.25, -0.2) is 13.1 Å². The number of carbonyl (C=O) groups is 1. The van der Waals surface area contributed by atoms with Gasteiger partial charge in [0.05, 0.1) is 4.90 Å². The highest BCUT2D eigenvalue weighted by atomic mass is 79.9. The lowest BCUT2D eigenvalue weighted by Gasteiger charge is -2.09. The van der Waals surface area contributed by atoms with Gasteiger partial charge in [-0.15, -0.1) is 0 Å². The number of halogens is 1. The minimum atomic E-state index is -3.76. The summed E-state index contributed by atoms with van der Waals surface area (Å²) in [5.41, 5.74) is 0.800. The van der Waals surface area contributed by atoms with E-state index in [2.05, 4.69) is 20.7 Å². The summed E-state index contributed by atoms with van der Waals surface area (Å²) in [5.74, 6) is -0.363. The van der Waals surface area contributed by atoms with Crippen molar-refractivity contribution in [1.29, 1.82) is 0 Å². The molecule has 0 aliphatic rings. The minimum absolute atomic E-state index is 0.0975. The molecule has 0 bridgehead atoms. The van der Waals surface area contributed by atoms with Crippen molar-refractivity contribution in [1.82, 2.24) is 4.72 Å². The normalized spacial score (nSPS) is 11.6. The third kappa shape index (κ3) is 4.10. The van der Waals surface area contributed by atoms with Gasteiger partial charge in [0.15, 0.2) is 0 Å². The van der Waals surface area contributed by atoms with Crippen LogP contribution in [0.15, 0.2) is 27.6 Å². The van der Waals surface area contributed by atoms with Crippen LogP contribution in [0, 0.1) is 12.8 Å². The standard InChI is InChI=1S/C12H16BrNO3S/c1-8(2)6-12(15)14-18(16,17)10-4-5-11(13)9(3)7-10/h4-5,7-8H,6H2,1-3H3,(H,14,15). The molecule has 0 saturated heterocycles. The molecule has 0 atom stereocenters. The van der Waals surface area contributed by atoms with E-state index in [4.69, 9.17) is 0 Å². The third-order valence-corrected chi connectivity index (χ3v) is 4.54. The summed E-state index contributed by atoms with van der Waals surface area (Å²) in [6.45, 7) is 5.50. The van der Waals surface area contributed by atoms with Crippen molar-refractivity contribution in [3.05, 3.63) is 28.2 Å². The smallest absolute Gasteiger partial charge is 0.264 e. The summed E-state index contributed by atoms with van der Waals surface area (Å²) < 4.78 is 26.8. The highest BCUT2D eigenvalue weighted by molar-refractivity contribution is 9.10. The number of benzene rings is 1. The Morgan fingerprint density at radius 3 is 2.50 bits per heavy atom. The van der Waals surface area contributed by atoms with Crippen LogP contribution in [0.4, 0.5) is 0 Å². The van der Waals surface area contributed by atoms with Crippen molar-refractivity contribution in [3.8, 4) is 0 Å². The first-order valence-corrected chi connectivity index (χ1v) is 7.82. The van der Waals surface area contributed by atoms with E-state index in [1.54, 1.807) is 13.0 Å². The molecule has 0 aliphatic heterocycles. The van der Waals surface area contributed by atoms with Crippen LogP contribution in [0.25, 0.3) is 0 Å². The van der Waals surface area contributed by atoms with Crippen molar-refractivity contribution >= 4 is 31.9 Å². The van der Waals surface area contributed by atoms with Crippen molar-refractivity contribution in [3.63, 3.8) is 0 Å². The molecule has 0 radical (unpaired) electrons. The number of sulfonamides is 1. The average Bonchev–Trinajstić information content (AvgIpc) is 2.19. The van der Waals surface area contributed by atoms with Crippen LogP contribution in [0.5, 0.6) is 0 Å². The maximum Gasteiger partial charge on any atom is 0.264 e. The fraction of sp³-hybridized carbons (Fsp3) is 0.417. The molecule has 0 aliphatic carbocycles. The Balaban J connectivity index is 2.93.